The molecule has 0 bridgehead atoms. The van der Waals surface area contributed by atoms with E-state index >= 15 is 0 Å². The van der Waals surface area contributed by atoms with Crippen LogP contribution in [0.15, 0.2) is 27.6 Å². The fraction of sp³-hybridized carbons (Fsp3) is 0.400. The zero-order valence-corrected chi connectivity index (χ0v) is 15.1. The highest BCUT2D eigenvalue weighted by molar-refractivity contribution is 7.90. The second-order valence-corrected chi connectivity index (χ2v) is 7.94. The minimum Gasteiger partial charge on any atom is -0.475 e. The van der Waals surface area contributed by atoms with Crippen molar-refractivity contribution in [2.24, 2.45) is 5.92 Å². The van der Waals surface area contributed by atoms with Crippen molar-refractivity contribution in [1.29, 1.82) is 0 Å². The smallest absolute Gasteiger partial charge is 0.475 e. The Morgan fingerprint density at radius 1 is 1.36 bits per heavy atom. The third kappa shape index (κ3) is 5.73. The number of carbonyl (C=O) groups is 1. The van der Waals surface area contributed by atoms with Gasteiger partial charge in [-0.2, -0.15) is 18.2 Å². The van der Waals surface area contributed by atoms with Gasteiger partial charge in [0.05, 0.1) is 10.5 Å². The second-order valence-electron chi connectivity index (χ2n) is 5.96. The first-order valence-corrected chi connectivity index (χ1v) is 9.60. The third-order valence-corrected chi connectivity index (χ3v) is 4.77. The van der Waals surface area contributed by atoms with E-state index in [4.69, 9.17) is 14.4 Å². The number of sulfone groups is 1. The molecule has 0 atom stereocenters. The summed E-state index contributed by atoms with van der Waals surface area (Å²) in [5, 5.41) is 14.1. The Bertz CT molecular complexity index is 955. The fourth-order valence-corrected chi connectivity index (χ4v) is 3.05. The van der Waals surface area contributed by atoms with Gasteiger partial charge in [0.1, 0.15) is 5.82 Å². The molecule has 0 radical (unpaired) electrons. The van der Waals surface area contributed by atoms with Crippen LogP contribution in [0.2, 0.25) is 0 Å². The van der Waals surface area contributed by atoms with Crippen LogP contribution in [0.25, 0.3) is 11.5 Å². The predicted molar refractivity (Wildman–Crippen MR) is 86.6 cm³/mol. The first-order chi connectivity index (χ1) is 12.9. The van der Waals surface area contributed by atoms with Gasteiger partial charge in [-0.25, -0.2) is 17.6 Å². The summed E-state index contributed by atoms with van der Waals surface area (Å²) >= 11 is 0. The van der Waals surface area contributed by atoms with Gasteiger partial charge < -0.3 is 14.9 Å². The molecule has 0 aliphatic carbocycles. The van der Waals surface area contributed by atoms with E-state index in [1.165, 1.54) is 6.07 Å². The van der Waals surface area contributed by atoms with E-state index in [0.717, 1.165) is 31.5 Å². The second kappa shape index (κ2) is 8.22. The summed E-state index contributed by atoms with van der Waals surface area (Å²) in [6.07, 6.45) is -3.37. The monoisotopic (exact) mass is 425 g/mol. The number of aromatic nitrogens is 2. The molecule has 2 N–H and O–H groups in total. The average molecular weight is 425 g/mol. The molecule has 8 nitrogen and oxygen atoms in total. The van der Waals surface area contributed by atoms with E-state index in [1.807, 2.05) is 0 Å². The van der Waals surface area contributed by atoms with Crippen molar-refractivity contribution in [2.45, 2.75) is 17.5 Å². The summed E-state index contributed by atoms with van der Waals surface area (Å²) in [5.74, 6) is -2.33. The molecule has 1 aliphatic rings. The summed E-state index contributed by atoms with van der Waals surface area (Å²) in [5.41, 5.74) is 0.1000. The largest absolute Gasteiger partial charge is 0.490 e. The summed E-state index contributed by atoms with van der Waals surface area (Å²) in [7, 11) is -3.51. The normalized spacial score (nSPS) is 14.8. The maximum Gasteiger partial charge on any atom is 0.490 e. The molecule has 13 heteroatoms. The first-order valence-electron chi connectivity index (χ1n) is 7.71. The summed E-state index contributed by atoms with van der Waals surface area (Å²) in [4.78, 5) is 13.1. The molecule has 1 aromatic carbocycles. The van der Waals surface area contributed by atoms with E-state index in [-0.39, 0.29) is 16.3 Å². The lowest BCUT2D eigenvalue weighted by Crippen LogP contribution is -2.43. The van der Waals surface area contributed by atoms with Gasteiger partial charge in [0.15, 0.2) is 15.7 Å². The number of benzene rings is 1. The number of carboxylic acids is 1. The van der Waals surface area contributed by atoms with Crippen LogP contribution in [0.5, 0.6) is 0 Å². The lowest BCUT2D eigenvalue weighted by Gasteiger charge is -2.25. The molecular weight excluding hydrogens is 410 g/mol. The lowest BCUT2D eigenvalue weighted by atomic mass is 9.99. The lowest BCUT2D eigenvalue weighted by molar-refractivity contribution is -0.192. The Balaban J connectivity index is 0.000000345. The van der Waals surface area contributed by atoms with E-state index in [1.54, 1.807) is 0 Å². The van der Waals surface area contributed by atoms with E-state index < -0.39 is 27.8 Å². The third-order valence-electron chi connectivity index (χ3n) is 3.62. The van der Waals surface area contributed by atoms with Crippen LogP contribution in [0, 0.1) is 11.7 Å². The minimum atomic E-state index is -5.08. The Kier molecular flexibility index (Phi) is 6.39. The van der Waals surface area contributed by atoms with Crippen molar-refractivity contribution in [1.82, 2.24) is 15.5 Å². The minimum absolute atomic E-state index is 0.0237. The van der Waals surface area contributed by atoms with E-state index in [9.17, 15) is 26.0 Å². The molecule has 0 amide bonds. The summed E-state index contributed by atoms with van der Waals surface area (Å²) in [6.45, 7) is 1.80. The maximum atomic E-state index is 13.4. The van der Waals surface area contributed by atoms with Crippen molar-refractivity contribution in [2.75, 3.05) is 19.3 Å². The highest BCUT2D eigenvalue weighted by Gasteiger charge is 2.38. The molecule has 2 heterocycles. The molecule has 0 unspecified atom stereocenters. The first kappa shape index (κ1) is 21.8. The highest BCUT2D eigenvalue weighted by atomic mass is 32.2. The number of hydrogen-bond donors (Lipinski definition) is 2. The number of nitrogens with zero attached hydrogens (tertiary/aromatic N) is 2. The number of carboxylic acid groups (broad SMARTS) is 1. The van der Waals surface area contributed by atoms with Crippen LogP contribution in [0.3, 0.4) is 0 Å². The van der Waals surface area contributed by atoms with Crippen LogP contribution in [0.4, 0.5) is 17.6 Å². The van der Waals surface area contributed by atoms with Gasteiger partial charge >= 0.3 is 12.1 Å². The molecule has 28 heavy (non-hydrogen) atoms. The molecule has 0 spiro atoms. The number of hydrogen-bond acceptors (Lipinski definition) is 7. The van der Waals surface area contributed by atoms with Crippen molar-refractivity contribution in [3.05, 3.63) is 29.8 Å². The molecule has 2 aromatic rings. The van der Waals surface area contributed by atoms with Crippen molar-refractivity contribution >= 4 is 15.8 Å². The number of nitrogens with one attached hydrogen (secondary N) is 1. The molecule has 154 valence electrons. The SMILES string of the molecule is CS(=O)(=O)c1ccc(F)cc1-c1nc(CC2CNC2)no1.O=C(O)C(F)(F)F. The van der Waals surface area contributed by atoms with Gasteiger partial charge in [-0.1, -0.05) is 5.16 Å². The van der Waals surface area contributed by atoms with Crippen LogP contribution in [-0.4, -0.2) is 55.2 Å². The van der Waals surface area contributed by atoms with Crippen LogP contribution >= 0.6 is 0 Å². The van der Waals surface area contributed by atoms with E-state index in [0.29, 0.717) is 18.2 Å². The number of alkyl halides is 3. The molecule has 1 aliphatic heterocycles. The van der Waals surface area contributed by atoms with Gasteiger partial charge in [-0.15, -0.1) is 0 Å². The van der Waals surface area contributed by atoms with Crippen LogP contribution in [0.1, 0.15) is 5.82 Å². The number of halogens is 4. The van der Waals surface area contributed by atoms with Gasteiger partial charge in [0.2, 0.25) is 0 Å². The molecule has 1 saturated heterocycles. The van der Waals surface area contributed by atoms with Crippen LogP contribution in [-0.2, 0) is 21.1 Å². The average Bonchev–Trinajstić information content (AvgIpc) is 2.98. The Hall–Kier alpha value is -2.54. The standard InChI is InChI=1S/C13H14FN3O3S.C2HF3O2/c1-21(18,19)11-3-2-9(14)5-10(11)13-16-12(17-20-13)4-8-6-15-7-8;3-2(4,5)1(6)7/h2-3,5,8,15H,4,6-7H2,1H3;(H,6,7). The van der Waals surface area contributed by atoms with Gasteiger partial charge in [-0.05, 0) is 37.2 Å². The molecule has 1 fully saturated rings. The Morgan fingerprint density at radius 2 is 1.96 bits per heavy atom. The van der Waals surface area contributed by atoms with Gasteiger partial charge in [0, 0.05) is 12.7 Å². The molecular formula is C15H15F4N3O5S. The fourth-order valence-electron chi connectivity index (χ4n) is 2.19. The number of rotatable bonds is 4. The van der Waals surface area contributed by atoms with E-state index in [2.05, 4.69) is 15.5 Å². The highest BCUT2D eigenvalue weighted by Crippen LogP contribution is 2.27. The van der Waals surface area contributed by atoms with Gasteiger partial charge in [-0.3, -0.25) is 0 Å². The predicted octanol–water partition coefficient (Wildman–Crippen LogP) is 1.67. The van der Waals surface area contributed by atoms with Crippen molar-refractivity contribution in [3.8, 4) is 11.5 Å². The Morgan fingerprint density at radius 3 is 2.43 bits per heavy atom. The molecule has 3 rings (SSSR count). The topological polar surface area (TPSA) is 122 Å². The molecule has 0 saturated carbocycles. The summed E-state index contributed by atoms with van der Waals surface area (Å²) < 4.78 is 73.8. The van der Waals surface area contributed by atoms with Crippen molar-refractivity contribution in [3.63, 3.8) is 0 Å². The van der Waals surface area contributed by atoms with Gasteiger partial charge in [0.25, 0.3) is 5.89 Å². The van der Waals surface area contributed by atoms with Crippen molar-refractivity contribution < 1.29 is 40.4 Å². The maximum absolute atomic E-state index is 13.4. The Labute approximate surface area is 156 Å². The molecule has 1 aromatic heterocycles. The quantitative estimate of drug-likeness (QED) is 0.560. The summed E-state index contributed by atoms with van der Waals surface area (Å²) in [6, 6.07) is 3.40. The van der Waals surface area contributed by atoms with Crippen LogP contribution < -0.4 is 5.32 Å². The number of aliphatic carboxylic acids is 1. The zero-order valence-electron chi connectivity index (χ0n) is 14.3. The zero-order chi connectivity index (χ0) is 21.1.